The standard InChI is InChI=1S/C25H23N5O3S/c1-33-20-11-15(9-10-19(20)31)13-28-30-24(32)16-5-4-6-17(12-16)29-23-22-18-7-2-3-8-21(18)34-25(22)27-14-26-23/h4-6,9-14,31H,2-3,7-8H2,1H3,(H,30,32)(H,26,27,29)/b28-13+. The van der Waals surface area contributed by atoms with E-state index in [4.69, 9.17) is 4.74 Å². The molecule has 4 aromatic rings. The summed E-state index contributed by atoms with van der Waals surface area (Å²) >= 11 is 1.75. The van der Waals surface area contributed by atoms with Crippen molar-refractivity contribution in [2.75, 3.05) is 12.4 Å². The van der Waals surface area contributed by atoms with Crippen molar-refractivity contribution in [2.45, 2.75) is 25.7 Å². The van der Waals surface area contributed by atoms with Crippen molar-refractivity contribution < 1.29 is 14.6 Å². The average molecular weight is 474 g/mol. The molecule has 5 rings (SSSR count). The second-order valence-corrected chi connectivity index (χ2v) is 9.03. The number of benzene rings is 2. The van der Waals surface area contributed by atoms with E-state index >= 15 is 0 Å². The third-order valence-corrected chi connectivity index (χ3v) is 6.92. The number of aromatic hydroxyl groups is 1. The monoisotopic (exact) mass is 473 g/mol. The lowest BCUT2D eigenvalue weighted by Gasteiger charge is -2.12. The third-order valence-electron chi connectivity index (χ3n) is 5.72. The molecule has 0 radical (unpaired) electrons. The van der Waals surface area contributed by atoms with Crippen molar-refractivity contribution in [1.29, 1.82) is 0 Å². The predicted octanol–water partition coefficient (Wildman–Crippen LogP) is 4.79. The smallest absolute Gasteiger partial charge is 0.271 e. The number of ether oxygens (including phenoxy) is 1. The molecule has 0 spiro atoms. The van der Waals surface area contributed by atoms with E-state index in [0.29, 0.717) is 16.9 Å². The molecule has 0 bridgehead atoms. The van der Waals surface area contributed by atoms with Gasteiger partial charge in [-0.15, -0.1) is 11.3 Å². The van der Waals surface area contributed by atoms with Gasteiger partial charge in [0.15, 0.2) is 11.5 Å². The third kappa shape index (κ3) is 4.42. The van der Waals surface area contributed by atoms with Gasteiger partial charge in [0.05, 0.1) is 18.7 Å². The van der Waals surface area contributed by atoms with E-state index in [2.05, 4.69) is 25.8 Å². The van der Waals surface area contributed by atoms with E-state index in [0.717, 1.165) is 34.6 Å². The molecule has 3 N–H and O–H groups in total. The Kier molecular flexibility index (Phi) is 6.09. The van der Waals surface area contributed by atoms with Crippen LogP contribution in [0.4, 0.5) is 11.5 Å². The maximum atomic E-state index is 12.6. The molecule has 34 heavy (non-hydrogen) atoms. The Bertz CT molecular complexity index is 1400. The summed E-state index contributed by atoms with van der Waals surface area (Å²) in [5, 5.41) is 18.2. The van der Waals surface area contributed by atoms with Gasteiger partial charge in [-0.2, -0.15) is 5.10 Å². The number of carbonyl (C=O) groups excluding carboxylic acids is 1. The zero-order valence-electron chi connectivity index (χ0n) is 18.5. The molecule has 1 aliphatic carbocycles. The average Bonchev–Trinajstić information content (AvgIpc) is 3.25. The predicted molar refractivity (Wildman–Crippen MR) is 134 cm³/mol. The minimum absolute atomic E-state index is 0.0388. The van der Waals surface area contributed by atoms with E-state index in [1.54, 1.807) is 41.9 Å². The van der Waals surface area contributed by atoms with Crippen LogP contribution in [0.3, 0.4) is 0 Å². The fraction of sp³-hybridized carbons (Fsp3) is 0.200. The van der Waals surface area contributed by atoms with E-state index in [-0.39, 0.29) is 11.7 Å². The number of amides is 1. The van der Waals surface area contributed by atoms with Gasteiger partial charge in [0, 0.05) is 16.1 Å². The van der Waals surface area contributed by atoms with Crippen LogP contribution in [0.15, 0.2) is 53.9 Å². The van der Waals surface area contributed by atoms with Crippen LogP contribution in [0.2, 0.25) is 0 Å². The van der Waals surface area contributed by atoms with Crippen LogP contribution < -0.4 is 15.5 Å². The zero-order chi connectivity index (χ0) is 23.5. The van der Waals surface area contributed by atoms with Crippen LogP contribution in [0, 0.1) is 0 Å². The summed E-state index contributed by atoms with van der Waals surface area (Å²) in [6.45, 7) is 0. The number of methoxy groups -OCH3 is 1. The number of thiophene rings is 1. The van der Waals surface area contributed by atoms with Gasteiger partial charge in [0.25, 0.3) is 5.91 Å². The van der Waals surface area contributed by atoms with Crippen LogP contribution >= 0.6 is 11.3 Å². The highest BCUT2D eigenvalue weighted by Gasteiger charge is 2.20. The summed E-state index contributed by atoms with van der Waals surface area (Å²) in [5.41, 5.74) is 5.78. The number of fused-ring (bicyclic) bond motifs is 3. The van der Waals surface area contributed by atoms with Gasteiger partial charge in [-0.3, -0.25) is 4.79 Å². The summed E-state index contributed by atoms with van der Waals surface area (Å²) in [4.78, 5) is 24.0. The number of anilines is 2. The van der Waals surface area contributed by atoms with Gasteiger partial charge in [0.2, 0.25) is 0 Å². The summed E-state index contributed by atoms with van der Waals surface area (Å²) in [6, 6.07) is 12.0. The first-order chi connectivity index (χ1) is 16.6. The van der Waals surface area contributed by atoms with Crippen molar-refractivity contribution in [2.24, 2.45) is 5.10 Å². The largest absolute Gasteiger partial charge is 0.504 e. The quantitative estimate of drug-likeness (QED) is 0.274. The number of hydrazone groups is 1. The number of carbonyl (C=O) groups is 1. The molecule has 1 aliphatic rings. The molecular weight excluding hydrogens is 450 g/mol. The lowest BCUT2D eigenvalue weighted by Crippen LogP contribution is -2.17. The maximum absolute atomic E-state index is 12.6. The Morgan fingerprint density at radius 2 is 2.06 bits per heavy atom. The second-order valence-electron chi connectivity index (χ2n) is 7.95. The van der Waals surface area contributed by atoms with E-state index in [9.17, 15) is 9.90 Å². The molecule has 1 amide bonds. The number of nitrogens with zero attached hydrogens (tertiary/aromatic N) is 3. The van der Waals surface area contributed by atoms with Crippen LogP contribution in [0.25, 0.3) is 10.2 Å². The minimum Gasteiger partial charge on any atom is -0.504 e. The van der Waals surface area contributed by atoms with Gasteiger partial charge in [-0.05, 0) is 73.2 Å². The Hall–Kier alpha value is -3.98. The Labute approximate surface area is 200 Å². The molecule has 0 aliphatic heterocycles. The van der Waals surface area contributed by atoms with Gasteiger partial charge in [0.1, 0.15) is 17.0 Å². The normalized spacial score (nSPS) is 13.1. The number of nitrogens with one attached hydrogen (secondary N) is 2. The molecule has 172 valence electrons. The first-order valence-corrected chi connectivity index (χ1v) is 11.8. The van der Waals surface area contributed by atoms with Crippen molar-refractivity contribution in [1.82, 2.24) is 15.4 Å². The first kappa shape index (κ1) is 21.8. The SMILES string of the molecule is COc1cc(/C=N/NC(=O)c2cccc(Nc3ncnc4sc5c(c34)CCCC5)c2)ccc1O. The van der Waals surface area contributed by atoms with Crippen molar-refractivity contribution in [3.8, 4) is 11.5 Å². The lowest BCUT2D eigenvalue weighted by atomic mass is 9.97. The first-order valence-electron chi connectivity index (χ1n) is 10.9. The highest BCUT2D eigenvalue weighted by atomic mass is 32.1. The molecule has 8 nitrogen and oxygen atoms in total. The molecule has 0 unspecified atom stereocenters. The van der Waals surface area contributed by atoms with Crippen LogP contribution in [-0.2, 0) is 12.8 Å². The van der Waals surface area contributed by atoms with Gasteiger partial charge >= 0.3 is 0 Å². The van der Waals surface area contributed by atoms with Gasteiger partial charge < -0.3 is 15.2 Å². The number of aryl methyl sites for hydroxylation is 2. The summed E-state index contributed by atoms with van der Waals surface area (Å²) in [6.07, 6.45) is 7.61. The molecule has 0 saturated heterocycles. The van der Waals surface area contributed by atoms with Gasteiger partial charge in [-0.25, -0.2) is 15.4 Å². The topological polar surface area (TPSA) is 109 Å². The van der Waals surface area contributed by atoms with Crippen molar-refractivity contribution >= 4 is 45.2 Å². The van der Waals surface area contributed by atoms with Crippen LogP contribution in [0.1, 0.15) is 39.2 Å². The molecule has 2 heterocycles. The maximum Gasteiger partial charge on any atom is 0.271 e. The molecule has 0 fully saturated rings. The molecule has 0 saturated carbocycles. The highest BCUT2D eigenvalue weighted by molar-refractivity contribution is 7.19. The number of aromatic nitrogens is 2. The van der Waals surface area contributed by atoms with Crippen LogP contribution in [-0.4, -0.2) is 34.3 Å². The fourth-order valence-corrected chi connectivity index (χ4v) is 5.29. The van der Waals surface area contributed by atoms with E-state index in [1.165, 1.54) is 42.7 Å². The lowest BCUT2D eigenvalue weighted by molar-refractivity contribution is 0.0955. The Balaban J connectivity index is 1.32. The number of rotatable bonds is 6. The van der Waals surface area contributed by atoms with Gasteiger partial charge in [-0.1, -0.05) is 6.07 Å². The Morgan fingerprint density at radius 3 is 2.94 bits per heavy atom. The molecule has 0 atom stereocenters. The van der Waals surface area contributed by atoms with E-state index < -0.39 is 0 Å². The van der Waals surface area contributed by atoms with E-state index in [1.807, 2.05) is 12.1 Å². The molecule has 9 heteroatoms. The number of phenolic OH excluding ortho intramolecular Hbond substituents is 1. The molecule has 2 aromatic heterocycles. The summed E-state index contributed by atoms with van der Waals surface area (Å²) in [7, 11) is 1.47. The zero-order valence-corrected chi connectivity index (χ0v) is 19.4. The molecule has 2 aromatic carbocycles. The summed E-state index contributed by atoms with van der Waals surface area (Å²) < 4.78 is 5.08. The Morgan fingerprint density at radius 1 is 1.18 bits per heavy atom. The highest BCUT2D eigenvalue weighted by Crippen LogP contribution is 2.38. The second kappa shape index (κ2) is 9.48. The van der Waals surface area contributed by atoms with Crippen molar-refractivity contribution in [3.63, 3.8) is 0 Å². The minimum atomic E-state index is -0.341. The number of hydrogen-bond donors (Lipinski definition) is 3. The fourth-order valence-electron chi connectivity index (χ4n) is 4.06. The van der Waals surface area contributed by atoms with Crippen LogP contribution in [0.5, 0.6) is 11.5 Å². The van der Waals surface area contributed by atoms with Crippen molar-refractivity contribution in [3.05, 3.63) is 70.4 Å². The number of hydrogen-bond acceptors (Lipinski definition) is 8. The summed E-state index contributed by atoms with van der Waals surface area (Å²) in [5.74, 6) is 0.796. The molecular formula is C25H23N5O3S. The number of phenols is 1.